The van der Waals surface area contributed by atoms with Crippen molar-refractivity contribution in [3.05, 3.63) is 76.1 Å². The Hall–Kier alpha value is -3.76. The number of anilines is 1. The molecule has 0 bridgehead atoms. The summed E-state index contributed by atoms with van der Waals surface area (Å²) in [6, 6.07) is 18.4. The molecule has 0 saturated heterocycles. The molecule has 0 radical (unpaired) electrons. The van der Waals surface area contributed by atoms with Crippen molar-refractivity contribution in [2.24, 2.45) is 0 Å². The second-order valence-corrected chi connectivity index (χ2v) is 8.20. The monoisotopic (exact) mass is 427 g/mol. The lowest BCUT2D eigenvalue weighted by molar-refractivity contribution is -0.112. The van der Waals surface area contributed by atoms with Crippen LogP contribution in [0.3, 0.4) is 0 Å². The number of aryl methyl sites for hydroxylation is 2. The van der Waals surface area contributed by atoms with Crippen molar-refractivity contribution in [1.82, 2.24) is 14.8 Å². The summed E-state index contributed by atoms with van der Waals surface area (Å²) in [6.45, 7) is 5.98. The molecular weight excluding hydrogens is 406 g/mol. The number of nitriles is 1. The number of hydrogen-bond acceptors (Lipinski definition) is 5. The quantitative estimate of drug-likeness (QED) is 0.350. The minimum Gasteiger partial charge on any atom is -0.317 e. The van der Waals surface area contributed by atoms with Gasteiger partial charge in [0.1, 0.15) is 16.6 Å². The molecule has 0 unspecified atom stereocenters. The fraction of sp³-hybridized carbons (Fsp3) is 0.167. The average Bonchev–Trinajstić information content (AvgIpc) is 3.34. The number of aromatic nitrogens is 3. The number of nitrogens with one attached hydrogen (secondary N) is 1. The van der Waals surface area contributed by atoms with E-state index in [9.17, 15) is 10.1 Å². The average molecular weight is 428 g/mol. The molecule has 0 spiro atoms. The van der Waals surface area contributed by atoms with Gasteiger partial charge in [0.15, 0.2) is 0 Å². The molecule has 0 aliphatic rings. The lowest BCUT2D eigenvalue weighted by Gasteiger charge is -2.13. The van der Waals surface area contributed by atoms with Crippen molar-refractivity contribution in [3.63, 3.8) is 0 Å². The first kappa shape index (κ1) is 20.5. The summed E-state index contributed by atoms with van der Waals surface area (Å²) in [5, 5.41) is 23.7. The van der Waals surface area contributed by atoms with Gasteiger partial charge >= 0.3 is 0 Å². The zero-order chi connectivity index (χ0) is 22.0. The number of rotatable bonds is 5. The van der Waals surface area contributed by atoms with Crippen molar-refractivity contribution >= 4 is 39.2 Å². The number of fused-ring (bicyclic) bond motifs is 1. The molecule has 1 amide bonds. The molecule has 154 valence electrons. The molecule has 4 rings (SSSR count). The van der Waals surface area contributed by atoms with Crippen molar-refractivity contribution in [3.8, 4) is 11.8 Å². The highest BCUT2D eigenvalue weighted by molar-refractivity contribution is 7.15. The van der Waals surface area contributed by atoms with E-state index >= 15 is 0 Å². The number of amides is 1. The molecule has 4 aromatic rings. The van der Waals surface area contributed by atoms with Crippen LogP contribution in [0, 0.1) is 25.2 Å². The first-order valence-corrected chi connectivity index (χ1v) is 10.8. The van der Waals surface area contributed by atoms with Crippen molar-refractivity contribution < 1.29 is 4.79 Å². The van der Waals surface area contributed by atoms with Crippen molar-refractivity contribution in [2.45, 2.75) is 27.2 Å². The van der Waals surface area contributed by atoms with Crippen LogP contribution < -0.4 is 5.32 Å². The van der Waals surface area contributed by atoms with E-state index in [0.29, 0.717) is 5.13 Å². The Morgan fingerprint density at radius 3 is 2.71 bits per heavy atom. The minimum atomic E-state index is -0.490. The second kappa shape index (κ2) is 8.54. The van der Waals surface area contributed by atoms with Crippen LogP contribution in [0.15, 0.2) is 54.1 Å². The van der Waals surface area contributed by atoms with E-state index in [-0.39, 0.29) is 5.57 Å². The Kier molecular flexibility index (Phi) is 5.65. The number of carbonyl (C=O) groups is 1. The van der Waals surface area contributed by atoms with Gasteiger partial charge < -0.3 is 4.57 Å². The zero-order valence-corrected chi connectivity index (χ0v) is 18.3. The largest absolute Gasteiger partial charge is 0.317 e. The molecule has 0 aliphatic carbocycles. The van der Waals surface area contributed by atoms with Gasteiger partial charge in [-0.1, -0.05) is 54.7 Å². The molecule has 2 aromatic heterocycles. The van der Waals surface area contributed by atoms with Crippen LogP contribution in [0.25, 0.3) is 22.5 Å². The zero-order valence-electron chi connectivity index (χ0n) is 17.5. The lowest BCUT2D eigenvalue weighted by atomic mass is 10.1. The van der Waals surface area contributed by atoms with Gasteiger partial charge in [-0.15, -0.1) is 10.2 Å². The number of benzene rings is 2. The molecule has 31 heavy (non-hydrogen) atoms. The molecule has 0 saturated carbocycles. The molecule has 7 heteroatoms. The molecule has 6 nitrogen and oxygen atoms in total. The first-order chi connectivity index (χ1) is 15.0. The third-order valence-electron chi connectivity index (χ3n) is 5.13. The smallest absolute Gasteiger partial charge is 0.268 e. The van der Waals surface area contributed by atoms with E-state index in [0.717, 1.165) is 44.8 Å². The summed E-state index contributed by atoms with van der Waals surface area (Å²) in [5.41, 5.74) is 3.89. The van der Waals surface area contributed by atoms with Gasteiger partial charge in [-0.05, 0) is 49.4 Å². The molecule has 0 aliphatic heterocycles. The molecule has 0 fully saturated rings. The van der Waals surface area contributed by atoms with Crippen molar-refractivity contribution in [2.75, 3.05) is 5.32 Å². The van der Waals surface area contributed by atoms with E-state index in [1.165, 1.54) is 11.3 Å². The molecule has 2 aromatic carbocycles. The van der Waals surface area contributed by atoms with Crippen molar-refractivity contribution in [1.29, 1.82) is 5.26 Å². The Morgan fingerprint density at radius 1 is 1.19 bits per heavy atom. The maximum absolute atomic E-state index is 12.6. The highest BCUT2D eigenvalue weighted by Gasteiger charge is 2.16. The summed E-state index contributed by atoms with van der Waals surface area (Å²) < 4.78 is 2.15. The van der Waals surface area contributed by atoms with E-state index in [1.54, 1.807) is 6.08 Å². The summed E-state index contributed by atoms with van der Waals surface area (Å²) >= 11 is 1.31. The number of nitrogens with zero attached hydrogens (tertiary/aromatic N) is 4. The maximum Gasteiger partial charge on any atom is 0.268 e. The topological polar surface area (TPSA) is 83.6 Å². The van der Waals surface area contributed by atoms with Gasteiger partial charge in [-0.25, -0.2) is 0 Å². The third kappa shape index (κ3) is 3.98. The number of carbonyl (C=O) groups excluding carboxylic acids is 1. The summed E-state index contributed by atoms with van der Waals surface area (Å²) in [6.07, 6.45) is 2.37. The number of hydrogen-bond donors (Lipinski definition) is 1. The minimum absolute atomic E-state index is 0.0198. The highest BCUT2D eigenvalue weighted by atomic mass is 32.1. The van der Waals surface area contributed by atoms with E-state index < -0.39 is 5.91 Å². The Balaban J connectivity index is 1.71. The normalized spacial score (nSPS) is 11.5. The van der Waals surface area contributed by atoms with E-state index in [4.69, 9.17) is 0 Å². The van der Waals surface area contributed by atoms with Gasteiger partial charge in [0.2, 0.25) is 5.13 Å². The van der Waals surface area contributed by atoms with Gasteiger partial charge in [-0.2, -0.15) is 5.26 Å². The van der Waals surface area contributed by atoms with Crippen LogP contribution in [0.4, 0.5) is 5.13 Å². The van der Waals surface area contributed by atoms with Gasteiger partial charge in [-0.3, -0.25) is 10.1 Å². The van der Waals surface area contributed by atoms with Crippen LogP contribution in [0.2, 0.25) is 0 Å². The Labute approximate surface area is 184 Å². The molecule has 0 atom stereocenters. The fourth-order valence-electron chi connectivity index (χ4n) is 3.62. The van der Waals surface area contributed by atoms with Gasteiger partial charge in [0.05, 0.1) is 5.69 Å². The van der Waals surface area contributed by atoms with Crippen LogP contribution in [-0.4, -0.2) is 20.7 Å². The molecule has 1 N–H and O–H groups in total. The SMILES string of the molecule is CCc1nnc(NC(=O)/C(C#N)=C\c2cc(C)n(-c3cccc4ccccc34)c2C)s1. The van der Waals surface area contributed by atoms with Gasteiger partial charge in [0.25, 0.3) is 5.91 Å². The van der Waals surface area contributed by atoms with E-state index in [2.05, 4.69) is 44.3 Å². The van der Waals surface area contributed by atoms with Crippen LogP contribution in [0.1, 0.15) is 28.9 Å². The molecule has 2 heterocycles. The van der Waals surface area contributed by atoms with Crippen LogP contribution in [-0.2, 0) is 11.2 Å². The third-order valence-corrected chi connectivity index (χ3v) is 6.12. The predicted octanol–water partition coefficient (Wildman–Crippen LogP) is 5.21. The molecular formula is C24H21N5OS. The lowest BCUT2D eigenvalue weighted by Crippen LogP contribution is -2.13. The first-order valence-electron chi connectivity index (χ1n) is 9.94. The highest BCUT2D eigenvalue weighted by Crippen LogP contribution is 2.28. The standard InChI is InChI=1S/C24H21N5OS/c1-4-22-27-28-24(31-22)26-23(30)19(14-25)13-18-12-15(2)29(16(18)3)21-11-7-9-17-8-5-6-10-20(17)21/h5-13H,4H2,1-3H3,(H,26,28,30)/b19-13-. The predicted molar refractivity (Wildman–Crippen MR) is 124 cm³/mol. The fourth-order valence-corrected chi connectivity index (χ4v) is 4.30. The Bertz CT molecular complexity index is 1350. The summed E-state index contributed by atoms with van der Waals surface area (Å²) in [4.78, 5) is 12.6. The maximum atomic E-state index is 12.6. The van der Waals surface area contributed by atoms with Gasteiger partial charge in [0, 0.05) is 16.8 Å². The van der Waals surface area contributed by atoms with E-state index in [1.807, 2.05) is 51.1 Å². The van der Waals surface area contributed by atoms with Crippen LogP contribution in [0.5, 0.6) is 0 Å². The summed E-state index contributed by atoms with van der Waals surface area (Å²) in [7, 11) is 0. The summed E-state index contributed by atoms with van der Waals surface area (Å²) in [5.74, 6) is -0.490. The van der Waals surface area contributed by atoms with Crippen LogP contribution >= 0.6 is 11.3 Å². The second-order valence-electron chi connectivity index (χ2n) is 7.14. The Morgan fingerprint density at radius 2 is 1.97 bits per heavy atom.